The van der Waals surface area contributed by atoms with Crippen LogP contribution in [0.1, 0.15) is 38.2 Å². The number of piperidine rings is 1. The van der Waals surface area contributed by atoms with E-state index in [1.165, 1.54) is 23.3 Å². The van der Waals surface area contributed by atoms with Gasteiger partial charge in [0, 0.05) is 45.5 Å². The first kappa shape index (κ1) is 21.9. The van der Waals surface area contributed by atoms with Gasteiger partial charge in [-0.25, -0.2) is 0 Å². The minimum atomic E-state index is -4.44. The largest absolute Gasteiger partial charge is 0.417 e. The summed E-state index contributed by atoms with van der Waals surface area (Å²) in [5.41, 5.74) is -0.383. The Bertz CT molecular complexity index is 906. The Morgan fingerprint density at radius 2 is 1.90 bits per heavy atom. The fourth-order valence-corrected chi connectivity index (χ4v) is 4.45. The van der Waals surface area contributed by atoms with Crippen LogP contribution in [0.15, 0.2) is 18.3 Å². The predicted octanol–water partition coefficient (Wildman–Crippen LogP) is 2.91. The summed E-state index contributed by atoms with van der Waals surface area (Å²) in [5.74, 6) is 0.335. The van der Waals surface area contributed by atoms with Gasteiger partial charge in [-0.2, -0.15) is 13.2 Å². The van der Waals surface area contributed by atoms with Gasteiger partial charge in [-0.05, 0) is 37.9 Å². The number of aromatic nitrogens is 3. The molecule has 2 saturated heterocycles. The highest BCUT2D eigenvalue weighted by Gasteiger charge is 2.34. The lowest BCUT2D eigenvalue weighted by Crippen LogP contribution is -2.52. The summed E-state index contributed by atoms with van der Waals surface area (Å²) in [7, 11) is 0. The topological polar surface area (TPSA) is 57.0 Å². The van der Waals surface area contributed by atoms with Crippen molar-refractivity contribution in [3.05, 3.63) is 23.9 Å². The molecule has 2 fully saturated rings. The Hall–Kier alpha value is -2.36. The molecule has 1 amide bonds. The van der Waals surface area contributed by atoms with E-state index in [0.717, 1.165) is 57.8 Å². The number of unbranched alkanes of at least 4 members (excludes halogenated alkanes) is 1. The second-order valence-electron chi connectivity index (χ2n) is 8.45. The monoisotopic (exact) mass is 438 g/mol. The van der Waals surface area contributed by atoms with E-state index in [9.17, 15) is 18.0 Å². The van der Waals surface area contributed by atoms with Crippen molar-refractivity contribution in [2.45, 2.75) is 38.8 Å². The summed E-state index contributed by atoms with van der Waals surface area (Å²) in [5, 5.41) is 8.14. The third-order valence-electron chi connectivity index (χ3n) is 6.28. The smallest absolute Gasteiger partial charge is 0.340 e. The Morgan fingerprint density at radius 1 is 1.13 bits per heavy atom. The Balaban J connectivity index is 1.44. The van der Waals surface area contributed by atoms with E-state index in [0.29, 0.717) is 24.7 Å². The zero-order valence-electron chi connectivity index (χ0n) is 17.8. The molecule has 0 unspecified atom stereocenters. The SMILES string of the molecule is CCCCN1CCN(C(=O)[C@@H]2CCCN(c3nnc4ccc(C(F)(F)F)cn34)C2)CC1. The number of fused-ring (bicyclic) bond motifs is 1. The lowest BCUT2D eigenvalue weighted by Gasteiger charge is -2.39. The molecule has 0 radical (unpaired) electrons. The maximum absolute atomic E-state index is 13.1. The molecule has 0 bridgehead atoms. The van der Waals surface area contributed by atoms with Crippen molar-refractivity contribution < 1.29 is 18.0 Å². The fourth-order valence-electron chi connectivity index (χ4n) is 4.45. The number of alkyl halides is 3. The van der Waals surface area contributed by atoms with Crippen molar-refractivity contribution >= 4 is 17.5 Å². The van der Waals surface area contributed by atoms with Crippen molar-refractivity contribution in [2.75, 3.05) is 50.7 Å². The van der Waals surface area contributed by atoms with Gasteiger partial charge in [-0.15, -0.1) is 10.2 Å². The third kappa shape index (κ3) is 4.78. The first-order chi connectivity index (χ1) is 14.9. The van der Waals surface area contributed by atoms with Crippen molar-refractivity contribution in [3.8, 4) is 0 Å². The minimum Gasteiger partial charge on any atom is -0.340 e. The molecule has 0 saturated carbocycles. The van der Waals surface area contributed by atoms with E-state index in [1.807, 2.05) is 9.80 Å². The number of carbonyl (C=O) groups is 1. The molecule has 2 aliphatic rings. The van der Waals surface area contributed by atoms with Crippen LogP contribution >= 0.6 is 0 Å². The second-order valence-corrected chi connectivity index (χ2v) is 8.45. The fraction of sp³-hybridized carbons (Fsp3) is 0.667. The van der Waals surface area contributed by atoms with Crippen LogP contribution in [0.2, 0.25) is 0 Å². The van der Waals surface area contributed by atoms with E-state index in [2.05, 4.69) is 22.0 Å². The van der Waals surface area contributed by atoms with Crippen molar-refractivity contribution in [3.63, 3.8) is 0 Å². The maximum atomic E-state index is 13.1. The van der Waals surface area contributed by atoms with Gasteiger partial charge in [-0.1, -0.05) is 13.3 Å². The van der Waals surface area contributed by atoms with Crippen molar-refractivity contribution in [1.29, 1.82) is 0 Å². The number of rotatable bonds is 5. The van der Waals surface area contributed by atoms with Gasteiger partial charge >= 0.3 is 6.18 Å². The normalized spacial score (nSPS) is 21.1. The Morgan fingerprint density at radius 3 is 2.61 bits per heavy atom. The highest BCUT2D eigenvalue weighted by Crippen LogP contribution is 2.31. The standard InChI is InChI=1S/C21H29F3N6O/c1-2-3-8-27-10-12-28(13-11-27)19(31)16-5-4-9-29(14-16)20-26-25-18-7-6-17(15-30(18)20)21(22,23)24/h6-7,15-16H,2-5,8-14H2,1H3/t16-/m1/s1. The molecule has 31 heavy (non-hydrogen) atoms. The van der Waals surface area contributed by atoms with Crippen LogP contribution in [-0.2, 0) is 11.0 Å². The van der Waals surface area contributed by atoms with Gasteiger partial charge in [0.2, 0.25) is 11.9 Å². The molecule has 7 nitrogen and oxygen atoms in total. The minimum absolute atomic E-state index is 0.143. The number of anilines is 1. The number of hydrogen-bond acceptors (Lipinski definition) is 5. The number of amides is 1. The number of nitrogens with zero attached hydrogens (tertiary/aromatic N) is 6. The molecule has 2 aliphatic heterocycles. The van der Waals surface area contributed by atoms with E-state index < -0.39 is 11.7 Å². The zero-order chi connectivity index (χ0) is 22.0. The predicted molar refractivity (Wildman–Crippen MR) is 111 cm³/mol. The number of pyridine rings is 1. The first-order valence-corrected chi connectivity index (χ1v) is 11.0. The lowest BCUT2D eigenvalue weighted by atomic mass is 9.96. The van der Waals surface area contributed by atoms with Gasteiger partial charge in [0.25, 0.3) is 0 Å². The van der Waals surface area contributed by atoms with Gasteiger partial charge in [0.1, 0.15) is 0 Å². The molecule has 1 atom stereocenters. The number of piperazine rings is 1. The van der Waals surface area contributed by atoms with Crippen LogP contribution in [-0.4, -0.2) is 76.1 Å². The molecule has 0 aliphatic carbocycles. The van der Waals surface area contributed by atoms with E-state index in [1.54, 1.807) is 0 Å². The van der Waals surface area contributed by atoms with Gasteiger partial charge in [-0.3, -0.25) is 14.1 Å². The lowest BCUT2D eigenvalue weighted by molar-refractivity contribution is -0.138. The van der Waals surface area contributed by atoms with Gasteiger partial charge < -0.3 is 9.80 Å². The number of hydrogen-bond donors (Lipinski definition) is 0. The highest BCUT2D eigenvalue weighted by molar-refractivity contribution is 5.80. The van der Waals surface area contributed by atoms with Crippen LogP contribution in [0.4, 0.5) is 19.1 Å². The van der Waals surface area contributed by atoms with Crippen LogP contribution < -0.4 is 4.90 Å². The van der Waals surface area contributed by atoms with Crippen LogP contribution in [0, 0.1) is 5.92 Å². The molecule has 2 aromatic heterocycles. The summed E-state index contributed by atoms with van der Waals surface area (Å²) >= 11 is 0. The van der Waals surface area contributed by atoms with Gasteiger partial charge in [0.15, 0.2) is 5.65 Å². The quantitative estimate of drug-likeness (QED) is 0.719. The average Bonchev–Trinajstić information content (AvgIpc) is 3.20. The second kappa shape index (κ2) is 9.02. The number of halogens is 3. The zero-order valence-corrected chi connectivity index (χ0v) is 17.8. The molecular weight excluding hydrogens is 409 g/mol. The first-order valence-electron chi connectivity index (χ1n) is 11.0. The van der Waals surface area contributed by atoms with E-state index in [4.69, 9.17) is 0 Å². The van der Waals surface area contributed by atoms with Crippen LogP contribution in [0.5, 0.6) is 0 Å². The summed E-state index contributed by atoms with van der Waals surface area (Å²) < 4.78 is 40.8. The summed E-state index contributed by atoms with van der Waals surface area (Å²) in [4.78, 5) is 19.4. The molecule has 170 valence electrons. The molecular formula is C21H29F3N6O. The van der Waals surface area contributed by atoms with Crippen LogP contribution in [0.3, 0.4) is 0 Å². The summed E-state index contributed by atoms with van der Waals surface area (Å²) in [6, 6.07) is 2.33. The van der Waals surface area contributed by atoms with E-state index >= 15 is 0 Å². The van der Waals surface area contributed by atoms with Crippen molar-refractivity contribution in [1.82, 2.24) is 24.4 Å². The molecule has 2 aromatic rings. The van der Waals surface area contributed by atoms with E-state index in [-0.39, 0.29) is 11.8 Å². The molecule has 4 heterocycles. The average molecular weight is 438 g/mol. The molecule has 10 heteroatoms. The summed E-state index contributed by atoms with van der Waals surface area (Å²) in [6.45, 7) is 7.63. The molecule has 0 N–H and O–H groups in total. The summed E-state index contributed by atoms with van der Waals surface area (Å²) in [6.07, 6.45) is 0.518. The molecule has 4 rings (SSSR count). The number of carbonyl (C=O) groups excluding carboxylic acids is 1. The Labute approximate surface area is 179 Å². The highest BCUT2D eigenvalue weighted by atomic mass is 19.4. The maximum Gasteiger partial charge on any atom is 0.417 e. The van der Waals surface area contributed by atoms with Gasteiger partial charge in [0.05, 0.1) is 11.5 Å². The van der Waals surface area contributed by atoms with Crippen LogP contribution in [0.25, 0.3) is 5.65 Å². The van der Waals surface area contributed by atoms with Crippen molar-refractivity contribution in [2.24, 2.45) is 5.92 Å². The molecule has 0 aromatic carbocycles. The Kier molecular flexibility index (Phi) is 6.36. The molecule has 0 spiro atoms. The third-order valence-corrected chi connectivity index (χ3v) is 6.28.